The standard InChI is InChI=1S/C25H33N3O7/c1-10(26)4-5-11-6-7-15(29)17-13(11)8-12-9-14-19(28(2)3)21(31)18(24(27)34)23(33)25(14,35)22(32)16(12)20(17)30/h6-7,10,12,14,18-19,21,29-31,35H,4-5,8-9,26H2,1-3H3,(H2,27,34)/t10?,12-,14-,18?,19-,21?,25-/m1/s1. The number of aromatic hydroxyl groups is 1. The molecular weight excluding hydrogens is 454 g/mol. The Balaban J connectivity index is 1.88. The molecule has 3 aliphatic carbocycles. The summed E-state index contributed by atoms with van der Waals surface area (Å²) >= 11 is 0. The number of likely N-dealkylation sites (N-methyl/N-ethyl adjacent to an activating group) is 1. The summed E-state index contributed by atoms with van der Waals surface area (Å²) in [6.07, 6.45) is 0.168. The van der Waals surface area contributed by atoms with Gasteiger partial charge in [0.05, 0.1) is 11.7 Å². The summed E-state index contributed by atoms with van der Waals surface area (Å²) in [6.45, 7) is 1.88. The van der Waals surface area contributed by atoms with Gasteiger partial charge in [0, 0.05) is 23.6 Å². The first-order valence-corrected chi connectivity index (χ1v) is 11.8. The number of rotatable bonds is 5. The van der Waals surface area contributed by atoms with E-state index in [1.807, 2.05) is 6.92 Å². The zero-order chi connectivity index (χ0) is 26.0. The Morgan fingerprint density at radius 2 is 1.91 bits per heavy atom. The molecule has 35 heavy (non-hydrogen) atoms. The highest BCUT2D eigenvalue weighted by atomic mass is 16.3. The van der Waals surface area contributed by atoms with Crippen LogP contribution in [0.1, 0.15) is 36.5 Å². The van der Waals surface area contributed by atoms with E-state index < -0.39 is 58.7 Å². The number of ketones is 2. The fourth-order valence-corrected chi connectivity index (χ4v) is 6.29. The van der Waals surface area contributed by atoms with E-state index in [4.69, 9.17) is 11.5 Å². The molecule has 2 saturated carbocycles. The van der Waals surface area contributed by atoms with Gasteiger partial charge in [0.25, 0.3) is 0 Å². The Labute approximate surface area is 203 Å². The summed E-state index contributed by atoms with van der Waals surface area (Å²) in [7, 11) is 3.24. The number of fused-ring (bicyclic) bond motifs is 3. The highest BCUT2D eigenvalue weighted by Crippen LogP contribution is 2.52. The van der Waals surface area contributed by atoms with Crippen molar-refractivity contribution in [2.24, 2.45) is 29.2 Å². The third-order valence-electron chi connectivity index (χ3n) is 7.94. The van der Waals surface area contributed by atoms with Crippen molar-refractivity contribution in [3.8, 4) is 5.75 Å². The first-order valence-electron chi connectivity index (χ1n) is 11.8. The predicted octanol–water partition coefficient (Wildman–Crippen LogP) is -0.591. The topological polar surface area (TPSA) is 187 Å². The number of benzene rings is 1. The maximum absolute atomic E-state index is 13.8. The van der Waals surface area contributed by atoms with Crippen molar-refractivity contribution in [2.45, 2.75) is 56.4 Å². The average Bonchev–Trinajstić information content (AvgIpc) is 2.75. The molecule has 2 fully saturated rings. The van der Waals surface area contributed by atoms with Gasteiger partial charge in [-0.25, -0.2) is 0 Å². The van der Waals surface area contributed by atoms with Crippen molar-refractivity contribution in [3.63, 3.8) is 0 Å². The first-order chi connectivity index (χ1) is 16.3. The highest BCUT2D eigenvalue weighted by molar-refractivity contribution is 6.25. The van der Waals surface area contributed by atoms with Gasteiger partial charge in [-0.1, -0.05) is 6.07 Å². The zero-order valence-corrected chi connectivity index (χ0v) is 20.1. The summed E-state index contributed by atoms with van der Waals surface area (Å²) in [4.78, 5) is 40.7. The lowest BCUT2D eigenvalue weighted by Crippen LogP contribution is -2.73. The first kappa shape index (κ1) is 25.3. The fourth-order valence-electron chi connectivity index (χ4n) is 6.29. The van der Waals surface area contributed by atoms with Crippen LogP contribution < -0.4 is 11.5 Å². The van der Waals surface area contributed by atoms with Crippen molar-refractivity contribution in [1.82, 2.24) is 4.90 Å². The Bertz CT molecular complexity index is 1130. The van der Waals surface area contributed by atoms with Crippen molar-refractivity contribution in [3.05, 3.63) is 34.4 Å². The summed E-state index contributed by atoms with van der Waals surface area (Å²) in [5.41, 5.74) is 10.2. The molecule has 0 saturated heterocycles. The lowest BCUT2D eigenvalue weighted by molar-refractivity contribution is -0.184. The molecule has 190 valence electrons. The molecule has 3 unspecified atom stereocenters. The van der Waals surface area contributed by atoms with Crippen LogP contribution in [0.15, 0.2) is 17.7 Å². The number of aliphatic hydroxyl groups excluding tert-OH is 2. The number of nitrogens with zero attached hydrogens (tertiary/aromatic N) is 1. The van der Waals surface area contributed by atoms with E-state index in [2.05, 4.69) is 0 Å². The largest absolute Gasteiger partial charge is 0.507 e. The average molecular weight is 488 g/mol. The second kappa shape index (κ2) is 8.70. The minimum absolute atomic E-state index is 0.0530. The van der Waals surface area contributed by atoms with E-state index >= 15 is 0 Å². The number of amides is 1. The molecule has 1 amide bonds. The Morgan fingerprint density at radius 1 is 1.26 bits per heavy atom. The third-order valence-corrected chi connectivity index (χ3v) is 7.94. The van der Waals surface area contributed by atoms with Gasteiger partial charge in [0.15, 0.2) is 11.4 Å². The van der Waals surface area contributed by atoms with Crippen molar-refractivity contribution >= 4 is 23.2 Å². The van der Waals surface area contributed by atoms with Gasteiger partial charge in [-0.3, -0.25) is 14.4 Å². The smallest absolute Gasteiger partial charge is 0.230 e. The molecule has 7 atom stereocenters. The molecule has 4 rings (SSSR count). The maximum atomic E-state index is 13.8. The van der Waals surface area contributed by atoms with Crippen LogP contribution in [0, 0.1) is 17.8 Å². The van der Waals surface area contributed by atoms with Gasteiger partial charge >= 0.3 is 0 Å². The van der Waals surface area contributed by atoms with Gasteiger partial charge in [0.2, 0.25) is 11.7 Å². The lowest BCUT2D eigenvalue weighted by atomic mass is 9.54. The summed E-state index contributed by atoms with van der Waals surface area (Å²) in [5, 5.41) is 44.2. The van der Waals surface area contributed by atoms with Gasteiger partial charge in [0.1, 0.15) is 17.4 Å². The van der Waals surface area contributed by atoms with Gasteiger partial charge in [-0.05, 0) is 69.8 Å². The normalized spacial score (nSPS) is 33.3. The number of phenolic OH excluding ortho intramolecular Hbond substituents is 1. The van der Waals surface area contributed by atoms with Crippen LogP contribution in [-0.2, 0) is 27.2 Å². The molecule has 3 aliphatic rings. The molecule has 10 nitrogen and oxygen atoms in total. The summed E-state index contributed by atoms with van der Waals surface area (Å²) in [6, 6.07) is 2.24. The van der Waals surface area contributed by atoms with Crippen molar-refractivity contribution in [2.75, 3.05) is 14.1 Å². The van der Waals surface area contributed by atoms with Crippen LogP contribution in [0.5, 0.6) is 5.75 Å². The number of primary amides is 1. The third kappa shape index (κ3) is 3.67. The zero-order valence-electron chi connectivity index (χ0n) is 20.1. The van der Waals surface area contributed by atoms with E-state index in [9.17, 15) is 34.8 Å². The minimum atomic E-state index is -2.65. The fraction of sp³-hybridized carbons (Fsp3) is 0.560. The monoisotopic (exact) mass is 487 g/mol. The number of nitrogens with two attached hydrogens (primary N) is 2. The summed E-state index contributed by atoms with van der Waals surface area (Å²) < 4.78 is 0. The lowest BCUT2D eigenvalue weighted by Gasteiger charge is -2.53. The molecule has 0 spiro atoms. The number of aryl methyl sites for hydroxylation is 1. The summed E-state index contributed by atoms with van der Waals surface area (Å²) in [5.74, 6) is -7.39. The number of carbonyl (C=O) groups is 3. The number of Topliss-reactive ketones (excluding diaryl/α,β-unsaturated/α-hetero) is 2. The van der Waals surface area contributed by atoms with Crippen LogP contribution >= 0.6 is 0 Å². The second-order valence-electron chi connectivity index (χ2n) is 10.4. The number of hydrogen-bond donors (Lipinski definition) is 6. The molecule has 0 aromatic heterocycles. The molecule has 10 heteroatoms. The predicted molar refractivity (Wildman–Crippen MR) is 126 cm³/mol. The van der Waals surface area contributed by atoms with Crippen LogP contribution in [0.2, 0.25) is 0 Å². The number of hydrogen-bond acceptors (Lipinski definition) is 9. The number of phenols is 1. The molecule has 0 heterocycles. The molecule has 1 aromatic carbocycles. The van der Waals surface area contributed by atoms with Crippen molar-refractivity contribution < 1.29 is 34.8 Å². The molecule has 0 radical (unpaired) electrons. The van der Waals surface area contributed by atoms with Gasteiger partial charge in [-0.15, -0.1) is 0 Å². The van der Waals surface area contributed by atoms with E-state index in [0.29, 0.717) is 24.8 Å². The van der Waals surface area contributed by atoms with E-state index in [1.54, 1.807) is 25.1 Å². The quantitative estimate of drug-likeness (QED) is 0.295. The van der Waals surface area contributed by atoms with E-state index in [1.165, 1.54) is 6.07 Å². The Hall–Kier alpha value is -2.79. The molecule has 1 aromatic rings. The van der Waals surface area contributed by atoms with Crippen LogP contribution in [0.25, 0.3) is 5.76 Å². The van der Waals surface area contributed by atoms with Gasteiger partial charge in [-0.2, -0.15) is 0 Å². The molecule has 8 N–H and O–H groups in total. The SMILES string of the molecule is CC(N)CCc1ccc(O)c2c1C[C@@H]1C[C@@H]3[C@@H](N(C)C)C(O)C(C(N)=O)C(=O)[C@]3(O)C(=O)C1=C2O. The second-order valence-corrected chi connectivity index (χ2v) is 10.4. The maximum Gasteiger partial charge on any atom is 0.230 e. The van der Waals surface area contributed by atoms with Crippen LogP contribution in [0.3, 0.4) is 0 Å². The number of carbonyl (C=O) groups excluding carboxylic acids is 3. The number of aliphatic hydroxyl groups is 3. The van der Waals surface area contributed by atoms with E-state index in [0.717, 1.165) is 5.56 Å². The Kier molecular flexibility index (Phi) is 6.29. The molecule has 0 bridgehead atoms. The van der Waals surface area contributed by atoms with Crippen molar-refractivity contribution in [1.29, 1.82) is 0 Å². The van der Waals surface area contributed by atoms with E-state index in [-0.39, 0.29) is 29.3 Å². The molecular formula is C25H33N3O7. The highest BCUT2D eigenvalue weighted by Gasteiger charge is 2.67. The van der Waals surface area contributed by atoms with Gasteiger partial charge < -0.3 is 36.8 Å². The van der Waals surface area contributed by atoms with Crippen LogP contribution in [0.4, 0.5) is 0 Å². The molecule has 0 aliphatic heterocycles. The minimum Gasteiger partial charge on any atom is -0.507 e. The Morgan fingerprint density at radius 3 is 2.49 bits per heavy atom. The van der Waals surface area contributed by atoms with Crippen LogP contribution in [-0.4, -0.2) is 80.7 Å².